The minimum absolute atomic E-state index is 0.776. The molecule has 1 nitrogen and oxygen atoms in total. The van der Waals surface area contributed by atoms with Crippen molar-refractivity contribution >= 4 is 0 Å². The zero-order valence-corrected chi connectivity index (χ0v) is 9.93. The van der Waals surface area contributed by atoms with Crippen molar-refractivity contribution in [2.45, 2.75) is 57.8 Å². The lowest BCUT2D eigenvalue weighted by Crippen LogP contribution is -2.42. The van der Waals surface area contributed by atoms with Gasteiger partial charge in [0, 0.05) is 6.54 Å². The Morgan fingerprint density at radius 2 is 1.67 bits per heavy atom. The molecule has 15 heavy (non-hydrogen) atoms. The highest BCUT2D eigenvalue weighted by molar-refractivity contribution is 5.00. The standard InChI is InChI=1S/C14H25N/c1-2-5-12(4-1)10-15-11-14(8-3-9-14)13-6-7-13/h12-13,15H,1-11H2. The van der Waals surface area contributed by atoms with Crippen LogP contribution in [0.25, 0.3) is 0 Å². The first kappa shape index (κ1) is 10.1. The zero-order valence-electron chi connectivity index (χ0n) is 9.93. The van der Waals surface area contributed by atoms with E-state index in [1.54, 1.807) is 0 Å². The molecule has 0 spiro atoms. The maximum Gasteiger partial charge on any atom is 0.00106 e. The molecule has 1 heteroatoms. The van der Waals surface area contributed by atoms with Gasteiger partial charge in [-0.2, -0.15) is 0 Å². The molecular formula is C14H25N. The molecule has 1 N–H and O–H groups in total. The van der Waals surface area contributed by atoms with Crippen LogP contribution in [0.4, 0.5) is 0 Å². The lowest BCUT2D eigenvalue weighted by Gasteiger charge is -2.43. The minimum atomic E-state index is 0.776. The van der Waals surface area contributed by atoms with E-state index in [1.807, 2.05) is 0 Å². The number of nitrogens with one attached hydrogen (secondary N) is 1. The van der Waals surface area contributed by atoms with Crippen molar-refractivity contribution in [2.75, 3.05) is 13.1 Å². The lowest BCUT2D eigenvalue weighted by atomic mass is 9.65. The summed E-state index contributed by atoms with van der Waals surface area (Å²) in [5, 5.41) is 3.79. The van der Waals surface area contributed by atoms with E-state index in [-0.39, 0.29) is 0 Å². The third kappa shape index (κ3) is 2.08. The van der Waals surface area contributed by atoms with E-state index in [4.69, 9.17) is 0 Å². The molecule has 0 heterocycles. The van der Waals surface area contributed by atoms with Crippen molar-refractivity contribution in [1.82, 2.24) is 5.32 Å². The number of hydrogen-bond donors (Lipinski definition) is 1. The first-order chi connectivity index (χ1) is 7.39. The second-order valence-corrected chi connectivity index (χ2v) is 6.27. The molecule has 0 unspecified atom stereocenters. The molecule has 3 fully saturated rings. The predicted molar refractivity (Wildman–Crippen MR) is 63.8 cm³/mol. The topological polar surface area (TPSA) is 12.0 Å². The van der Waals surface area contributed by atoms with Crippen molar-refractivity contribution < 1.29 is 0 Å². The summed E-state index contributed by atoms with van der Waals surface area (Å²) in [5.41, 5.74) is 0.776. The van der Waals surface area contributed by atoms with Gasteiger partial charge < -0.3 is 5.32 Å². The van der Waals surface area contributed by atoms with E-state index >= 15 is 0 Å². The van der Waals surface area contributed by atoms with Crippen LogP contribution in [0.15, 0.2) is 0 Å². The van der Waals surface area contributed by atoms with E-state index in [0.29, 0.717) is 0 Å². The molecule has 0 atom stereocenters. The summed E-state index contributed by atoms with van der Waals surface area (Å²) in [6, 6.07) is 0. The Balaban J connectivity index is 1.40. The van der Waals surface area contributed by atoms with Gasteiger partial charge >= 0.3 is 0 Å². The van der Waals surface area contributed by atoms with Crippen LogP contribution in [0.2, 0.25) is 0 Å². The van der Waals surface area contributed by atoms with Crippen molar-refractivity contribution in [3.05, 3.63) is 0 Å². The normalized spacial score (nSPS) is 30.4. The van der Waals surface area contributed by atoms with Crippen molar-refractivity contribution in [1.29, 1.82) is 0 Å². The fraction of sp³-hybridized carbons (Fsp3) is 1.00. The molecule has 0 amide bonds. The van der Waals surface area contributed by atoms with Crippen molar-refractivity contribution in [2.24, 2.45) is 17.3 Å². The van der Waals surface area contributed by atoms with Gasteiger partial charge in [0.2, 0.25) is 0 Å². The van der Waals surface area contributed by atoms with Crippen LogP contribution in [-0.2, 0) is 0 Å². The summed E-state index contributed by atoms with van der Waals surface area (Å²) >= 11 is 0. The number of rotatable bonds is 5. The van der Waals surface area contributed by atoms with Gasteiger partial charge in [-0.05, 0) is 62.3 Å². The van der Waals surface area contributed by atoms with Crippen LogP contribution >= 0.6 is 0 Å². The molecule has 0 aliphatic heterocycles. The smallest absolute Gasteiger partial charge is 0.00106 e. The molecule has 86 valence electrons. The Hall–Kier alpha value is -0.0400. The second kappa shape index (κ2) is 4.08. The van der Waals surface area contributed by atoms with Crippen molar-refractivity contribution in [3.63, 3.8) is 0 Å². The number of hydrogen-bond acceptors (Lipinski definition) is 1. The summed E-state index contributed by atoms with van der Waals surface area (Å²) < 4.78 is 0. The van der Waals surface area contributed by atoms with Gasteiger partial charge in [-0.15, -0.1) is 0 Å². The summed E-state index contributed by atoms with van der Waals surface area (Å²) in [6.07, 6.45) is 13.6. The molecule has 0 aromatic rings. The van der Waals surface area contributed by atoms with Crippen LogP contribution < -0.4 is 5.32 Å². The Labute approximate surface area is 94.0 Å². The maximum absolute atomic E-state index is 3.79. The predicted octanol–water partition coefficient (Wildman–Crippen LogP) is 3.35. The molecule has 0 bridgehead atoms. The van der Waals surface area contributed by atoms with Gasteiger partial charge in [-0.25, -0.2) is 0 Å². The third-order valence-corrected chi connectivity index (χ3v) is 5.18. The fourth-order valence-corrected chi connectivity index (χ4v) is 3.80. The highest BCUT2D eigenvalue weighted by Gasteiger charge is 2.48. The summed E-state index contributed by atoms with van der Waals surface area (Å²) in [5.74, 6) is 2.13. The maximum atomic E-state index is 3.79. The SMILES string of the molecule is C1CCC(CNCC2(C3CC3)CCC2)C1. The highest BCUT2D eigenvalue weighted by Crippen LogP contribution is 2.56. The van der Waals surface area contributed by atoms with Gasteiger partial charge in [0.05, 0.1) is 0 Å². The van der Waals surface area contributed by atoms with Crippen LogP contribution in [0.5, 0.6) is 0 Å². The summed E-state index contributed by atoms with van der Waals surface area (Å²) in [7, 11) is 0. The third-order valence-electron chi connectivity index (χ3n) is 5.18. The molecular weight excluding hydrogens is 182 g/mol. The Morgan fingerprint density at radius 3 is 2.20 bits per heavy atom. The summed E-state index contributed by atoms with van der Waals surface area (Å²) in [6.45, 7) is 2.66. The first-order valence-electron chi connectivity index (χ1n) is 7.10. The second-order valence-electron chi connectivity index (χ2n) is 6.27. The van der Waals surface area contributed by atoms with E-state index in [0.717, 1.165) is 17.3 Å². The first-order valence-corrected chi connectivity index (χ1v) is 7.10. The van der Waals surface area contributed by atoms with Gasteiger partial charge in [0.15, 0.2) is 0 Å². The summed E-state index contributed by atoms with van der Waals surface area (Å²) in [4.78, 5) is 0. The van der Waals surface area contributed by atoms with Crippen LogP contribution in [0, 0.1) is 17.3 Å². The monoisotopic (exact) mass is 207 g/mol. The van der Waals surface area contributed by atoms with Gasteiger partial charge in [-0.3, -0.25) is 0 Å². The molecule has 0 radical (unpaired) electrons. The average Bonchev–Trinajstić information content (AvgIpc) is 2.89. The highest BCUT2D eigenvalue weighted by atomic mass is 14.9. The van der Waals surface area contributed by atoms with Gasteiger partial charge in [-0.1, -0.05) is 19.3 Å². The van der Waals surface area contributed by atoms with E-state index in [1.165, 1.54) is 70.9 Å². The van der Waals surface area contributed by atoms with Crippen molar-refractivity contribution in [3.8, 4) is 0 Å². The van der Waals surface area contributed by atoms with E-state index in [9.17, 15) is 0 Å². The molecule has 3 aliphatic carbocycles. The van der Waals surface area contributed by atoms with Crippen LogP contribution in [0.1, 0.15) is 57.8 Å². The van der Waals surface area contributed by atoms with Crippen LogP contribution in [-0.4, -0.2) is 13.1 Å². The minimum Gasteiger partial charge on any atom is -0.316 e. The largest absolute Gasteiger partial charge is 0.316 e. The quantitative estimate of drug-likeness (QED) is 0.729. The fourth-order valence-electron chi connectivity index (χ4n) is 3.80. The molecule has 3 rings (SSSR count). The molecule has 0 aromatic heterocycles. The van der Waals surface area contributed by atoms with Gasteiger partial charge in [0.1, 0.15) is 0 Å². The van der Waals surface area contributed by atoms with Gasteiger partial charge in [0.25, 0.3) is 0 Å². The Bertz CT molecular complexity index is 209. The van der Waals surface area contributed by atoms with E-state index < -0.39 is 0 Å². The Morgan fingerprint density at radius 1 is 0.933 bits per heavy atom. The van der Waals surface area contributed by atoms with Crippen LogP contribution in [0.3, 0.4) is 0 Å². The Kier molecular flexibility index (Phi) is 2.76. The molecule has 0 saturated heterocycles. The molecule has 3 saturated carbocycles. The zero-order chi connectivity index (χ0) is 10.1. The average molecular weight is 207 g/mol. The molecule has 3 aliphatic rings. The lowest BCUT2D eigenvalue weighted by molar-refractivity contribution is 0.0976. The molecule has 0 aromatic carbocycles. The van der Waals surface area contributed by atoms with E-state index in [2.05, 4.69) is 5.32 Å².